The summed E-state index contributed by atoms with van der Waals surface area (Å²) >= 11 is 0. The molecule has 0 aliphatic carbocycles. The molecule has 142 valence electrons. The molecule has 0 fully saturated rings. The highest BCUT2D eigenvalue weighted by Crippen LogP contribution is 2.33. The third kappa shape index (κ3) is 8.07. The van der Waals surface area contributed by atoms with Gasteiger partial charge in [-0.15, -0.1) is 0 Å². The molecule has 2 nitrogen and oxygen atoms in total. The van der Waals surface area contributed by atoms with E-state index in [0.717, 1.165) is 38.5 Å². The van der Waals surface area contributed by atoms with E-state index in [1.807, 2.05) is 12.1 Å². The molecule has 1 aromatic carbocycles. The molecule has 0 bridgehead atoms. The molecule has 0 amide bonds. The van der Waals surface area contributed by atoms with E-state index in [2.05, 4.69) is 39.8 Å². The number of hydrogen-bond donors (Lipinski definition) is 0. The van der Waals surface area contributed by atoms with Gasteiger partial charge in [0, 0.05) is 0 Å². The fraction of sp³-hybridized carbons (Fsp3) is 0.696. The summed E-state index contributed by atoms with van der Waals surface area (Å²) in [7, 11) is 0. The molecule has 0 aliphatic rings. The highest BCUT2D eigenvalue weighted by atomic mass is 16.5. The van der Waals surface area contributed by atoms with Crippen molar-refractivity contribution in [3.05, 3.63) is 29.8 Å². The molecule has 0 heterocycles. The van der Waals surface area contributed by atoms with Crippen LogP contribution in [0.25, 0.3) is 0 Å². The van der Waals surface area contributed by atoms with Gasteiger partial charge in [0.05, 0.1) is 5.41 Å². The monoisotopic (exact) mass is 346 g/mol. The number of carbonyl (C=O) groups excluding carboxylic acids is 1. The standard InChI is InChI=1S/C23H38O2/c1-5-8-11-12-19-23(4,18-10-7-3)22(24)25-21-16-14-20(15-17-21)13-9-6-2/h14-17H,5-13,18-19H2,1-4H3. The average Bonchev–Trinajstić information content (AvgIpc) is 2.63. The van der Waals surface area contributed by atoms with Gasteiger partial charge in [0.2, 0.25) is 0 Å². The molecule has 0 saturated carbocycles. The molecule has 0 N–H and O–H groups in total. The first-order valence-corrected chi connectivity index (χ1v) is 10.4. The summed E-state index contributed by atoms with van der Waals surface area (Å²) in [5, 5.41) is 0. The van der Waals surface area contributed by atoms with E-state index in [0.29, 0.717) is 5.75 Å². The van der Waals surface area contributed by atoms with Crippen LogP contribution in [0.3, 0.4) is 0 Å². The van der Waals surface area contributed by atoms with Crippen LogP contribution in [0.2, 0.25) is 0 Å². The quantitative estimate of drug-likeness (QED) is 0.216. The predicted molar refractivity (Wildman–Crippen MR) is 107 cm³/mol. The Hall–Kier alpha value is -1.31. The summed E-state index contributed by atoms with van der Waals surface area (Å²) in [6.45, 7) is 8.69. The van der Waals surface area contributed by atoms with E-state index in [1.54, 1.807) is 0 Å². The molecule has 25 heavy (non-hydrogen) atoms. The topological polar surface area (TPSA) is 26.3 Å². The fourth-order valence-electron chi connectivity index (χ4n) is 3.17. The first-order valence-electron chi connectivity index (χ1n) is 10.4. The van der Waals surface area contributed by atoms with E-state index >= 15 is 0 Å². The van der Waals surface area contributed by atoms with Crippen LogP contribution in [-0.2, 0) is 11.2 Å². The molecule has 0 aliphatic heterocycles. The Kier molecular flexibility index (Phi) is 10.5. The van der Waals surface area contributed by atoms with Crippen molar-refractivity contribution in [1.29, 1.82) is 0 Å². The maximum Gasteiger partial charge on any atom is 0.317 e. The smallest absolute Gasteiger partial charge is 0.317 e. The van der Waals surface area contributed by atoms with Crippen molar-refractivity contribution in [2.45, 2.75) is 98.3 Å². The van der Waals surface area contributed by atoms with Gasteiger partial charge in [-0.2, -0.15) is 0 Å². The first kappa shape index (κ1) is 21.7. The number of rotatable bonds is 13. The van der Waals surface area contributed by atoms with Crippen molar-refractivity contribution in [2.75, 3.05) is 0 Å². The SMILES string of the molecule is CCCCCCC(C)(CCCC)C(=O)Oc1ccc(CCCC)cc1. The molecule has 0 aromatic heterocycles. The Morgan fingerprint density at radius 3 is 2.04 bits per heavy atom. The summed E-state index contributed by atoms with van der Waals surface area (Å²) < 4.78 is 5.75. The second-order valence-electron chi connectivity index (χ2n) is 7.61. The van der Waals surface area contributed by atoms with Crippen LogP contribution in [0.4, 0.5) is 0 Å². The summed E-state index contributed by atoms with van der Waals surface area (Å²) in [6.07, 6.45) is 12.3. The molecule has 1 atom stereocenters. The third-order valence-corrected chi connectivity index (χ3v) is 5.11. The lowest BCUT2D eigenvalue weighted by Gasteiger charge is -2.27. The van der Waals surface area contributed by atoms with Gasteiger partial charge in [0.1, 0.15) is 5.75 Å². The molecular formula is C23H38O2. The van der Waals surface area contributed by atoms with Crippen LogP contribution in [-0.4, -0.2) is 5.97 Å². The van der Waals surface area contributed by atoms with Crippen molar-refractivity contribution >= 4 is 5.97 Å². The molecule has 2 heteroatoms. The normalized spacial score (nSPS) is 13.4. The average molecular weight is 347 g/mol. The summed E-state index contributed by atoms with van der Waals surface area (Å²) in [5.41, 5.74) is 0.958. The van der Waals surface area contributed by atoms with Gasteiger partial charge in [0.15, 0.2) is 0 Å². The van der Waals surface area contributed by atoms with Crippen LogP contribution in [0.5, 0.6) is 5.75 Å². The van der Waals surface area contributed by atoms with Gasteiger partial charge in [-0.05, 0) is 50.3 Å². The fourth-order valence-corrected chi connectivity index (χ4v) is 3.17. The first-order chi connectivity index (χ1) is 12.1. The number of ether oxygens (including phenoxy) is 1. The van der Waals surface area contributed by atoms with E-state index in [9.17, 15) is 4.79 Å². The molecule has 0 radical (unpaired) electrons. The van der Waals surface area contributed by atoms with E-state index in [-0.39, 0.29) is 11.4 Å². The third-order valence-electron chi connectivity index (χ3n) is 5.11. The Morgan fingerprint density at radius 2 is 1.44 bits per heavy atom. The lowest BCUT2D eigenvalue weighted by molar-refractivity contribution is -0.146. The minimum atomic E-state index is -0.357. The minimum absolute atomic E-state index is 0.0567. The van der Waals surface area contributed by atoms with Gasteiger partial charge < -0.3 is 4.74 Å². The van der Waals surface area contributed by atoms with Crippen molar-refractivity contribution in [3.8, 4) is 5.75 Å². The van der Waals surface area contributed by atoms with Crippen LogP contribution in [0.15, 0.2) is 24.3 Å². The maximum atomic E-state index is 12.8. The Bertz CT molecular complexity index is 477. The molecule has 1 aromatic rings. The summed E-state index contributed by atoms with van der Waals surface area (Å²) in [5.74, 6) is 0.625. The second kappa shape index (κ2) is 12.1. The van der Waals surface area contributed by atoms with Gasteiger partial charge in [0.25, 0.3) is 0 Å². The van der Waals surface area contributed by atoms with Crippen LogP contribution >= 0.6 is 0 Å². The summed E-state index contributed by atoms with van der Waals surface area (Å²) in [6, 6.07) is 8.06. The van der Waals surface area contributed by atoms with E-state index in [1.165, 1.54) is 37.7 Å². The Morgan fingerprint density at radius 1 is 0.840 bits per heavy atom. The highest BCUT2D eigenvalue weighted by molar-refractivity contribution is 5.78. The van der Waals surface area contributed by atoms with Crippen molar-refractivity contribution in [3.63, 3.8) is 0 Å². The Labute approximate surface area is 155 Å². The van der Waals surface area contributed by atoms with Gasteiger partial charge in [-0.1, -0.05) is 77.8 Å². The zero-order chi connectivity index (χ0) is 18.5. The zero-order valence-corrected chi connectivity index (χ0v) is 16.9. The number of unbranched alkanes of at least 4 members (excludes halogenated alkanes) is 5. The van der Waals surface area contributed by atoms with Crippen molar-refractivity contribution in [1.82, 2.24) is 0 Å². The van der Waals surface area contributed by atoms with E-state index in [4.69, 9.17) is 4.74 Å². The predicted octanol–water partition coefficient (Wildman–Crippen LogP) is 7.10. The second-order valence-corrected chi connectivity index (χ2v) is 7.61. The molecular weight excluding hydrogens is 308 g/mol. The zero-order valence-electron chi connectivity index (χ0n) is 16.9. The van der Waals surface area contributed by atoms with Crippen LogP contribution in [0, 0.1) is 5.41 Å². The Balaban J connectivity index is 2.66. The molecule has 1 rings (SSSR count). The molecule has 1 unspecified atom stereocenters. The van der Waals surface area contributed by atoms with Crippen molar-refractivity contribution < 1.29 is 9.53 Å². The minimum Gasteiger partial charge on any atom is -0.426 e. The number of benzene rings is 1. The largest absolute Gasteiger partial charge is 0.426 e. The van der Waals surface area contributed by atoms with E-state index < -0.39 is 0 Å². The van der Waals surface area contributed by atoms with Crippen LogP contribution < -0.4 is 4.74 Å². The lowest BCUT2D eigenvalue weighted by atomic mass is 9.80. The van der Waals surface area contributed by atoms with Gasteiger partial charge >= 0.3 is 5.97 Å². The van der Waals surface area contributed by atoms with Gasteiger partial charge in [-0.3, -0.25) is 4.79 Å². The molecule has 0 spiro atoms. The lowest BCUT2D eigenvalue weighted by Crippen LogP contribution is -2.32. The number of carbonyl (C=O) groups is 1. The number of hydrogen-bond acceptors (Lipinski definition) is 2. The highest BCUT2D eigenvalue weighted by Gasteiger charge is 2.34. The molecule has 0 saturated heterocycles. The van der Waals surface area contributed by atoms with Crippen molar-refractivity contribution in [2.24, 2.45) is 5.41 Å². The van der Waals surface area contributed by atoms with Gasteiger partial charge in [-0.25, -0.2) is 0 Å². The maximum absolute atomic E-state index is 12.8. The number of esters is 1. The number of aryl methyl sites for hydroxylation is 1. The van der Waals surface area contributed by atoms with Crippen LogP contribution in [0.1, 0.15) is 97.5 Å². The summed E-state index contributed by atoms with van der Waals surface area (Å²) in [4.78, 5) is 12.8.